The molecule has 0 spiro atoms. The summed E-state index contributed by atoms with van der Waals surface area (Å²) in [6, 6.07) is 8.92. The summed E-state index contributed by atoms with van der Waals surface area (Å²) in [6.07, 6.45) is 8.09. The van der Waals surface area contributed by atoms with E-state index in [-0.39, 0.29) is 0 Å². The van der Waals surface area contributed by atoms with Crippen LogP contribution in [-0.2, 0) is 0 Å². The molecule has 1 heterocycles. The number of anilines is 1. The largest absolute Gasteiger partial charge is 0.360 e. The zero-order valence-electron chi connectivity index (χ0n) is 12.2. The molecule has 0 bridgehead atoms. The van der Waals surface area contributed by atoms with Crippen molar-refractivity contribution in [1.82, 2.24) is 0 Å². The van der Waals surface area contributed by atoms with Crippen LogP contribution in [0.4, 0.5) is 5.69 Å². The molecule has 0 amide bonds. The van der Waals surface area contributed by atoms with E-state index in [0.717, 1.165) is 31.0 Å². The molecule has 0 radical (unpaired) electrons. The Hall–Kier alpha value is -1.35. The van der Waals surface area contributed by atoms with Gasteiger partial charge in [0, 0.05) is 11.3 Å². The molecular formula is C17H25N2O+. The highest BCUT2D eigenvalue weighted by molar-refractivity contribution is 5.75. The van der Waals surface area contributed by atoms with Crippen molar-refractivity contribution in [3.8, 4) is 0 Å². The number of carbonyl (C=O) groups is 1. The Balaban J connectivity index is 1.55. The zero-order valence-corrected chi connectivity index (χ0v) is 12.2. The minimum absolute atomic E-state index is 0.764. The van der Waals surface area contributed by atoms with Crippen molar-refractivity contribution in [3.05, 3.63) is 29.8 Å². The predicted molar refractivity (Wildman–Crippen MR) is 81.6 cm³/mol. The highest BCUT2D eigenvalue weighted by Crippen LogP contribution is 2.17. The lowest BCUT2D eigenvalue weighted by Gasteiger charge is -2.38. The van der Waals surface area contributed by atoms with Crippen LogP contribution in [-0.4, -0.2) is 38.5 Å². The first kappa shape index (κ1) is 13.6. The molecule has 1 N–H and O–H groups in total. The maximum atomic E-state index is 10.7. The molecule has 20 heavy (non-hydrogen) atoms. The van der Waals surface area contributed by atoms with Crippen LogP contribution in [0.3, 0.4) is 0 Å². The van der Waals surface area contributed by atoms with Gasteiger partial charge in [-0.15, -0.1) is 0 Å². The predicted octanol–water partition coefficient (Wildman–Crippen LogP) is 1.54. The molecule has 1 aromatic rings. The number of hydrogen-bond acceptors (Lipinski definition) is 2. The van der Waals surface area contributed by atoms with Crippen LogP contribution >= 0.6 is 0 Å². The molecular weight excluding hydrogens is 248 g/mol. The van der Waals surface area contributed by atoms with Crippen molar-refractivity contribution in [1.29, 1.82) is 0 Å². The molecule has 1 aromatic carbocycles. The third kappa shape index (κ3) is 3.04. The number of nitrogens with zero attached hydrogens (tertiary/aromatic N) is 1. The van der Waals surface area contributed by atoms with E-state index in [0.29, 0.717) is 0 Å². The molecule has 1 saturated carbocycles. The molecule has 2 fully saturated rings. The summed E-state index contributed by atoms with van der Waals surface area (Å²) in [5, 5.41) is 0. The Kier molecular flexibility index (Phi) is 4.36. The number of nitrogens with one attached hydrogen (secondary N) is 1. The molecule has 2 aliphatic rings. The SMILES string of the molecule is O=Cc1ccc(N2CC[NH+](C3CCCCC3)CC2)cc1. The van der Waals surface area contributed by atoms with E-state index in [2.05, 4.69) is 17.0 Å². The fourth-order valence-corrected chi connectivity index (χ4v) is 3.73. The van der Waals surface area contributed by atoms with Gasteiger partial charge in [-0.25, -0.2) is 0 Å². The summed E-state index contributed by atoms with van der Waals surface area (Å²) in [7, 11) is 0. The topological polar surface area (TPSA) is 24.8 Å². The van der Waals surface area contributed by atoms with Gasteiger partial charge < -0.3 is 9.80 Å². The number of aldehydes is 1. The summed E-state index contributed by atoms with van der Waals surface area (Å²) >= 11 is 0. The van der Waals surface area contributed by atoms with Gasteiger partial charge in [-0.3, -0.25) is 4.79 Å². The van der Waals surface area contributed by atoms with Crippen LogP contribution in [0, 0.1) is 0 Å². The quantitative estimate of drug-likeness (QED) is 0.845. The van der Waals surface area contributed by atoms with Crippen LogP contribution < -0.4 is 9.80 Å². The first-order valence-corrected chi connectivity index (χ1v) is 8.01. The number of rotatable bonds is 3. The van der Waals surface area contributed by atoms with Gasteiger partial charge in [0.2, 0.25) is 0 Å². The molecule has 1 aliphatic heterocycles. The van der Waals surface area contributed by atoms with Gasteiger partial charge in [0.1, 0.15) is 6.29 Å². The van der Waals surface area contributed by atoms with Crippen molar-refractivity contribution in [2.24, 2.45) is 0 Å². The maximum absolute atomic E-state index is 10.7. The number of benzene rings is 1. The maximum Gasteiger partial charge on any atom is 0.150 e. The molecule has 1 aliphatic carbocycles. The summed E-state index contributed by atoms with van der Waals surface area (Å²) < 4.78 is 0. The van der Waals surface area contributed by atoms with Crippen LogP contribution in [0.2, 0.25) is 0 Å². The number of carbonyl (C=O) groups excluding carboxylic acids is 1. The summed E-state index contributed by atoms with van der Waals surface area (Å²) in [6.45, 7) is 4.82. The lowest BCUT2D eigenvalue weighted by molar-refractivity contribution is -0.927. The first-order chi connectivity index (χ1) is 9.86. The molecule has 0 atom stereocenters. The molecule has 3 nitrogen and oxygen atoms in total. The Morgan fingerprint density at radius 3 is 2.25 bits per heavy atom. The zero-order chi connectivity index (χ0) is 13.8. The van der Waals surface area contributed by atoms with Crippen LogP contribution in [0.5, 0.6) is 0 Å². The minimum Gasteiger partial charge on any atom is -0.360 e. The van der Waals surface area contributed by atoms with Crippen LogP contribution in [0.15, 0.2) is 24.3 Å². The van der Waals surface area contributed by atoms with Gasteiger partial charge in [-0.1, -0.05) is 6.42 Å². The molecule has 3 heteroatoms. The van der Waals surface area contributed by atoms with Crippen molar-refractivity contribution in [3.63, 3.8) is 0 Å². The minimum atomic E-state index is 0.764. The molecule has 3 rings (SSSR count). The monoisotopic (exact) mass is 273 g/mol. The summed E-state index contributed by atoms with van der Waals surface area (Å²) in [5.74, 6) is 0. The van der Waals surface area contributed by atoms with Gasteiger partial charge in [0.25, 0.3) is 0 Å². The fourth-order valence-electron chi connectivity index (χ4n) is 3.73. The standard InChI is InChI=1S/C17H24N2O/c20-14-15-6-8-17(9-7-15)19-12-10-18(11-13-19)16-4-2-1-3-5-16/h6-9,14,16H,1-5,10-13H2/p+1. The van der Waals surface area contributed by atoms with E-state index in [1.165, 1.54) is 50.9 Å². The van der Waals surface area contributed by atoms with Gasteiger partial charge in [-0.05, 0) is 49.9 Å². The summed E-state index contributed by atoms with van der Waals surface area (Å²) in [4.78, 5) is 15.0. The van der Waals surface area contributed by atoms with Gasteiger partial charge >= 0.3 is 0 Å². The van der Waals surface area contributed by atoms with Crippen molar-refractivity contribution in [2.45, 2.75) is 38.1 Å². The second-order valence-electron chi connectivity index (χ2n) is 6.19. The Morgan fingerprint density at radius 1 is 1.00 bits per heavy atom. The molecule has 0 aromatic heterocycles. The smallest absolute Gasteiger partial charge is 0.150 e. The third-order valence-corrected chi connectivity index (χ3v) is 4.98. The second-order valence-corrected chi connectivity index (χ2v) is 6.19. The van der Waals surface area contributed by atoms with Crippen LogP contribution in [0.1, 0.15) is 42.5 Å². The van der Waals surface area contributed by atoms with E-state index in [9.17, 15) is 4.79 Å². The Bertz CT molecular complexity index is 429. The number of piperazine rings is 1. The average molecular weight is 273 g/mol. The second kappa shape index (κ2) is 6.40. The highest BCUT2D eigenvalue weighted by atomic mass is 16.1. The van der Waals surface area contributed by atoms with E-state index >= 15 is 0 Å². The summed E-state index contributed by atoms with van der Waals surface area (Å²) in [5.41, 5.74) is 2.03. The van der Waals surface area contributed by atoms with Gasteiger partial charge in [0.05, 0.1) is 32.2 Å². The fraction of sp³-hybridized carbons (Fsp3) is 0.588. The normalized spacial score (nSPS) is 21.9. The highest BCUT2D eigenvalue weighted by Gasteiger charge is 2.28. The van der Waals surface area contributed by atoms with E-state index in [1.807, 2.05) is 17.0 Å². The van der Waals surface area contributed by atoms with Crippen molar-refractivity contribution < 1.29 is 9.69 Å². The van der Waals surface area contributed by atoms with Gasteiger partial charge in [0.15, 0.2) is 0 Å². The third-order valence-electron chi connectivity index (χ3n) is 4.98. The first-order valence-electron chi connectivity index (χ1n) is 8.01. The van der Waals surface area contributed by atoms with Gasteiger partial charge in [-0.2, -0.15) is 0 Å². The van der Waals surface area contributed by atoms with E-state index < -0.39 is 0 Å². The van der Waals surface area contributed by atoms with E-state index in [4.69, 9.17) is 0 Å². The Labute approximate surface area is 121 Å². The lowest BCUT2D eigenvalue weighted by Crippen LogP contribution is -3.18. The number of quaternary nitrogens is 1. The van der Waals surface area contributed by atoms with Crippen LogP contribution in [0.25, 0.3) is 0 Å². The number of hydrogen-bond donors (Lipinski definition) is 1. The van der Waals surface area contributed by atoms with Crippen molar-refractivity contribution in [2.75, 3.05) is 31.1 Å². The Morgan fingerprint density at radius 2 is 1.65 bits per heavy atom. The average Bonchev–Trinajstić information content (AvgIpc) is 2.56. The van der Waals surface area contributed by atoms with Crippen molar-refractivity contribution >= 4 is 12.0 Å². The molecule has 1 saturated heterocycles. The molecule has 108 valence electrons. The molecule has 0 unspecified atom stereocenters. The van der Waals surface area contributed by atoms with E-state index in [1.54, 1.807) is 0 Å². The lowest BCUT2D eigenvalue weighted by atomic mass is 9.94.